The summed E-state index contributed by atoms with van der Waals surface area (Å²) < 4.78 is 0. The van der Waals surface area contributed by atoms with Gasteiger partial charge in [0.15, 0.2) is 5.82 Å². The minimum atomic E-state index is -0.117. The maximum atomic E-state index is 11.9. The van der Waals surface area contributed by atoms with Crippen LogP contribution in [0, 0.1) is 13.8 Å². The molecule has 0 radical (unpaired) electrons. The van der Waals surface area contributed by atoms with E-state index in [0.29, 0.717) is 17.9 Å². The first kappa shape index (κ1) is 13.1. The predicted molar refractivity (Wildman–Crippen MR) is 76.9 cm³/mol. The Hall–Kier alpha value is -2.36. The van der Waals surface area contributed by atoms with E-state index < -0.39 is 0 Å². The molecule has 0 atom stereocenters. The zero-order valence-corrected chi connectivity index (χ0v) is 11.1. The van der Waals surface area contributed by atoms with Gasteiger partial charge in [0, 0.05) is 6.20 Å². The Kier molecular flexibility index (Phi) is 3.80. The van der Waals surface area contributed by atoms with Crippen molar-refractivity contribution in [2.75, 3.05) is 11.1 Å². The van der Waals surface area contributed by atoms with E-state index in [4.69, 9.17) is 5.73 Å². The molecule has 98 valence electrons. The topological polar surface area (TPSA) is 68.0 Å². The lowest BCUT2D eigenvalue weighted by Gasteiger charge is -2.08. The largest absolute Gasteiger partial charge is 0.396 e. The summed E-state index contributed by atoms with van der Waals surface area (Å²) in [6, 6.07) is 9.44. The Morgan fingerprint density at radius 2 is 2.05 bits per heavy atom. The summed E-state index contributed by atoms with van der Waals surface area (Å²) in [5.74, 6) is 0.296. The molecule has 4 nitrogen and oxygen atoms in total. The van der Waals surface area contributed by atoms with Crippen molar-refractivity contribution in [1.29, 1.82) is 0 Å². The molecule has 0 saturated carbocycles. The Balaban J connectivity index is 2.05. The minimum Gasteiger partial charge on any atom is -0.396 e. The van der Waals surface area contributed by atoms with Crippen LogP contribution in [0.4, 0.5) is 11.5 Å². The number of rotatable bonds is 3. The van der Waals surface area contributed by atoms with E-state index >= 15 is 0 Å². The van der Waals surface area contributed by atoms with Gasteiger partial charge in [0.05, 0.1) is 12.1 Å². The molecule has 1 heterocycles. The lowest BCUT2D eigenvalue weighted by molar-refractivity contribution is -0.115. The monoisotopic (exact) mass is 255 g/mol. The van der Waals surface area contributed by atoms with Gasteiger partial charge in [-0.15, -0.1) is 0 Å². The van der Waals surface area contributed by atoms with Crippen LogP contribution in [-0.2, 0) is 11.2 Å². The second kappa shape index (κ2) is 5.52. The molecule has 0 saturated heterocycles. The van der Waals surface area contributed by atoms with Crippen molar-refractivity contribution in [3.63, 3.8) is 0 Å². The number of nitrogens with two attached hydrogens (primary N) is 1. The Labute approximate surface area is 112 Å². The van der Waals surface area contributed by atoms with Gasteiger partial charge < -0.3 is 11.1 Å². The molecule has 0 aliphatic rings. The highest BCUT2D eigenvalue weighted by Gasteiger charge is 2.07. The molecule has 0 aliphatic heterocycles. The molecular weight excluding hydrogens is 238 g/mol. The van der Waals surface area contributed by atoms with Gasteiger partial charge in [-0.1, -0.05) is 18.2 Å². The SMILES string of the molecule is Cc1ccc(CC(=O)Nc2ncccc2N)cc1C. The summed E-state index contributed by atoms with van der Waals surface area (Å²) in [5.41, 5.74) is 9.58. The zero-order valence-electron chi connectivity index (χ0n) is 11.1. The van der Waals surface area contributed by atoms with Gasteiger partial charge >= 0.3 is 0 Å². The molecule has 2 rings (SSSR count). The molecule has 3 N–H and O–H groups in total. The van der Waals surface area contributed by atoms with Crippen LogP contribution in [0.15, 0.2) is 36.5 Å². The van der Waals surface area contributed by atoms with Crippen LogP contribution in [-0.4, -0.2) is 10.9 Å². The van der Waals surface area contributed by atoms with E-state index in [0.717, 1.165) is 5.56 Å². The fraction of sp³-hybridized carbons (Fsp3) is 0.200. The van der Waals surface area contributed by atoms with E-state index in [2.05, 4.69) is 10.3 Å². The third-order valence-electron chi connectivity index (χ3n) is 3.03. The smallest absolute Gasteiger partial charge is 0.230 e. The van der Waals surface area contributed by atoms with Crippen molar-refractivity contribution in [1.82, 2.24) is 4.98 Å². The van der Waals surface area contributed by atoms with Crippen molar-refractivity contribution in [3.05, 3.63) is 53.2 Å². The van der Waals surface area contributed by atoms with Gasteiger partial charge in [0.2, 0.25) is 5.91 Å². The highest BCUT2D eigenvalue weighted by Crippen LogP contribution is 2.14. The lowest BCUT2D eigenvalue weighted by Crippen LogP contribution is -2.16. The van der Waals surface area contributed by atoms with Crippen LogP contribution in [0.5, 0.6) is 0 Å². The molecule has 2 aromatic rings. The van der Waals surface area contributed by atoms with E-state index in [1.165, 1.54) is 11.1 Å². The third-order valence-corrected chi connectivity index (χ3v) is 3.03. The number of carbonyl (C=O) groups is 1. The van der Waals surface area contributed by atoms with Crippen LogP contribution in [0.2, 0.25) is 0 Å². The zero-order chi connectivity index (χ0) is 13.8. The average molecular weight is 255 g/mol. The minimum absolute atomic E-state index is 0.117. The van der Waals surface area contributed by atoms with Crippen molar-refractivity contribution < 1.29 is 4.79 Å². The summed E-state index contributed by atoms with van der Waals surface area (Å²) >= 11 is 0. The van der Waals surface area contributed by atoms with Gasteiger partial charge in [0.1, 0.15) is 0 Å². The fourth-order valence-corrected chi connectivity index (χ4v) is 1.80. The summed E-state index contributed by atoms with van der Waals surface area (Å²) in [6.45, 7) is 4.08. The van der Waals surface area contributed by atoms with Gasteiger partial charge in [-0.05, 0) is 42.7 Å². The number of nitrogens with one attached hydrogen (secondary N) is 1. The second-order valence-corrected chi connectivity index (χ2v) is 4.58. The molecule has 1 amide bonds. The first-order chi connectivity index (χ1) is 9.06. The summed E-state index contributed by atoms with van der Waals surface area (Å²) in [7, 11) is 0. The molecule has 0 fully saturated rings. The maximum Gasteiger partial charge on any atom is 0.230 e. The quantitative estimate of drug-likeness (QED) is 0.885. The molecule has 0 aliphatic carbocycles. The first-order valence-corrected chi connectivity index (χ1v) is 6.13. The molecule has 4 heteroatoms. The van der Waals surface area contributed by atoms with Crippen LogP contribution in [0.25, 0.3) is 0 Å². The highest BCUT2D eigenvalue weighted by atomic mass is 16.1. The van der Waals surface area contributed by atoms with Gasteiger partial charge in [-0.2, -0.15) is 0 Å². The van der Waals surface area contributed by atoms with Crippen molar-refractivity contribution >= 4 is 17.4 Å². The number of aryl methyl sites for hydroxylation is 2. The van der Waals surface area contributed by atoms with Gasteiger partial charge in [-0.25, -0.2) is 4.98 Å². The first-order valence-electron chi connectivity index (χ1n) is 6.13. The molecule has 19 heavy (non-hydrogen) atoms. The number of nitrogen functional groups attached to an aromatic ring is 1. The summed E-state index contributed by atoms with van der Waals surface area (Å²) in [6.07, 6.45) is 1.92. The Bertz CT molecular complexity index is 608. The number of carbonyl (C=O) groups excluding carboxylic acids is 1. The molecule has 0 unspecified atom stereocenters. The number of pyridine rings is 1. The van der Waals surface area contributed by atoms with Crippen LogP contribution in [0.1, 0.15) is 16.7 Å². The second-order valence-electron chi connectivity index (χ2n) is 4.58. The third kappa shape index (κ3) is 3.31. The normalized spacial score (nSPS) is 10.2. The number of nitrogens with zero attached hydrogens (tertiary/aromatic N) is 1. The van der Waals surface area contributed by atoms with Gasteiger partial charge in [-0.3, -0.25) is 4.79 Å². The number of hydrogen-bond donors (Lipinski definition) is 2. The lowest BCUT2D eigenvalue weighted by atomic mass is 10.0. The molecule has 0 bridgehead atoms. The Morgan fingerprint density at radius 1 is 1.26 bits per heavy atom. The van der Waals surface area contributed by atoms with E-state index in [-0.39, 0.29) is 5.91 Å². The van der Waals surface area contributed by atoms with Gasteiger partial charge in [0.25, 0.3) is 0 Å². The number of aromatic nitrogens is 1. The fourth-order valence-electron chi connectivity index (χ4n) is 1.80. The maximum absolute atomic E-state index is 11.9. The average Bonchev–Trinajstić information content (AvgIpc) is 2.37. The number of anilines is 2. The molecule has 1 aromatic heterocycles. The van der Waals surface area contributed by atoms with Crippen molar-refractivity contribution in [3.8, 4) is 0 Å². The van der Waals surface area contributed by atoms with E-state index in [9.17, 15) is 4.79 Å². The van der Waals surface area contributed by atoms with Crippen LogP contribution >= 0.6 is 0 Å². The number of amides is 1. The summed E-state index contributed by atoms with van der Waals surface area (Å²) in [5, 5.41) is 2.72. The van der Waals surface area contributed by atoms with E-state index in [1.807, 2.05) is 32.0 Å². The predicted octanol–water partition coefficient (Wildman–Crippen LogP) is 2.46. The van der Waals surface area contributed by atoms with Crippen molar-refractivity contribution in [2.45, 2.75) is 20.3 Å². The van der Waals surface area contributed by atoms with Crippen LogP contribution in [0.3, 0.4) is 0 Å². The number of benzene rings is 1. The van der Waals surface area contributed by atoms with Crippen LogP contribution < -0.4 is 11.1 Å². The van der Waals surface area contributed by atoms with E-state index in [1.54, 1.807) is 18.3 Å². The molecule has 0 spiro atoms. The van der Waals surface area contributed by atoms with Crippen molar-refractivity contribution in [2.24, 2.45) is 0 Å². The number of hydrogen-bond acceptors (Lipinski definition) is 3. The standard InChI is InChI=1S/C15H17N3O/c1-10-5-6-12(8-11(10)2)9-14(19)18-15-13(16)4-3-7-17-15/h3-8H,9,16H2,1-2H3,(H,17,18,19). The summed E-state index contributed by atoms with van der Waals surface area (Å²) in [4.78, 5) is 16.0. The molecule has 1 aromatic carbocycles. The highest BCUT2D eigenvalue weighted by molar-refractivity contribution is 5.93. The Morgan fingerprint density at radius 3 is 2.74 bits per heavy atom. The molecular formula is C15H17N3O.